The third-order valence-electron chi connectivity index (χ3n) is 3.29. The largest absolute Gasteiger partial charge is 0.355 e. The Hall–Kier alpha value is -0.643. The minimum absolute atomic E-state index is 0.186. The van der Waals surface area contributed by atoms with Gasteiger partial charge in [-0.2, -0.15) is 0 Å². The molecule has 0 aliphatic carbocycles. The zero-order valence-corrected chi connectivity index (χ0v) is 12.7. The normalized spacial score (nSPS) is 24.9. The van der Waals surface area contributed by atoms with Crippen molar-refractivity contribution in [2.75, 3.05) is 13.2 Å². The maximum Gasteiger partial charge on any atom is 0.141 e. The molecule has 0 saturated carbocycles. The Morgan fingerprint density at radius 1 is 1.24 bits per heavy atom. The van der Waals surface area contributed by atoms with E-state index in [4.69, 9.17) is 9.47 Å². The van der Waals surface area contributed by atoms with Crippen LogP contribution in [-0.4, -0.2) is 28.9 Å². The van der Waals surface area contributed by atoms with Gasteiger partial charge in [0.15, 0.2) is 0 Å². The fraction of sp³-hybridized carbons (Fsp3) is 0.571. The van der Waals surface area contributed by atoms with Crippen LogP contribution in [0.4, 0.5) is 0 Å². The number of hydrogen-bond donors (Lipinski definition) is 0. The number of ether oxygens (including phenoxy) is 2. The third-order valence-corrected chi connectivity index (χ3v) is 4.37. The minimum atomic E-state index is -0.186. The van der Waals surface area contributed by atoms with Crippen LogP contribution in [0.3, 0.4) is 0 Å². The van der Waals surface area contributed by atoms with Crippen LogP contribution in [-0.2, 0) is 15.9 Å². The van der Waals surface area contributed by atoms with Crippen molar-refractivity contribution in [1.29, 1.82) is 0 Å². The molecule has 3 heteroatoms. The lowest BCUT2D eigenvalue weighted by Gasteiger charge is -2.34. The van der Waals surface area contributed by atoms with Crippen LogP contribution in [0.5, 0.6) is 0 Å². The van der Waals surface area contributed by atoms with Gasteiger partial charge in [0.2, 0.25) is 0 Å². The lowest BCUT2D eigenvalue weighted by atomic mass is 10.1. The van der Waals surface area contributed by atoms with E-state index in [1.54, 1.807) is 0 Å². The molecule has 0 spiro atoms. The topological polar surface area (TPSA) is 18.5 Å². The van der Waals surface area contributed by atoms with Crippen LogP contribution >= 0.6 is 0 Å². The van der Waals surface area contributed by atoms with Gasteiger partial charge in [0.1, 0.15) is 5.41 Å². The van der Waals surface area contributed by atoms with Gasteiger partial charge in [0.25, 0.3) is 0 Å². The molecule has 1 fully saturated rings. The van der Waals surface area contributed by atoms with Gasteiger partial charge < -0.3 is 9.47 Å². The van der Waals surface area contributed by atoms with E-state index >= 15 is 0 Å². The highest BCUT2D eigenvalue weighted by molar-refractivity contribution is 6.13. The standard InChI is InChI=1S/C14H22O2Si/c17-14(10-4-5-11-15-14)16-12-6-9-13-7-2-1-3-8-13/h1-3,7-8H,4-6,9-12H2,17H3. The van der Waals surface area contributed by atoms with Crippen molar-refractivity contribution in [3.8, 4) is 0 Å². The summed E-state index contributed by atoms with van der Waals surface area (Å²) in [6.45, 7) is 1.70. The Morgan fingerprint density at radius 3 is 2.76 bits per heavy atom. The fourth-order valence-corrected chi connectivity index (χ4v) is 2.99. The van der Waals surface area contributed by atoms with E-state index in [0.717, 1.165) is 42.7 Å². The van der Waals surface area contributed by atoms with Gasteiger partial charge in [-0.15, -0.1) is 0 Å². The maximum absolute atomic E-state index is 5.93. The summed E-state index contributed by atoms with van der Waals surface area (Å²) in [7, 11) is 0.973. The lowest BCUT2D eigenvalue weighted by Crippen LogP contribution is -2.40. The van der Waals surface area contributed by atoms with E-state index in [-0.39, 0.29) is 5.41 Å². The molecule has 0 radical (unpaired) electrons. The van der Waals surface area contributed by atoms with Crippen molar-refractivity contribution < 1.29 is 9.47 Å². The fourth-order valence-electron chi connectivity index (χ4n) is 2.23. The second-order valence-electron chi connectivity index (χ2n) is 4.88. The summed E-state index contributed by atoms with van der Waals surface area (Å²) in [5, 5.41) is 0. The van der Waals surface area contributed by atoms with E-state index in [1.165, 1.54) is 18.4 Å². The van der Waals surface area contributed by atoms with Gasteiger partial charge in [-0.05, 0) is 37.7 Å². The smallest absolute Gasteiger partial charge is 0.141 e. The van der Waals surface area contributed by atoms with Gasteiger partial charge >= 0.3 is 0 Å². The summed E-state index contributed by atoms with van der Waals surface area (Å²) in [5.74, 6) is 0. The summed E-state index contributed by atoms with van der Waals surface area (Å²) in [5.41, 5.74) is 1.21. The van der Waals surface area contributed by atoms with Crippen molar-refractivity contribution >= 4 is 10.2 Å². The van der Waals surface area contributed by atoms with Crippen LogP contribution in [0.15, 0.2) is 30.3 Å². The van der Waals surface area contributed by atoms with Gasteiger partial charge in [-0.3, -0.25) is 0 Å². The van der Waals surface area contributed by atoms with Crippen LogP contribution in [0, 0.1) is 0 Å². The number of rotatable bonds is 5. The van der Waals surface area contributed by atoms with Crippen molar-refractivity contribution in [2.45, 2.75) is 37.5 Å². The summed E-state index contributed by atoms with van der Waals surface area (Å²) >= 11 is 0. The molecule has 0 aromatic heterocycles. The van der Waals surface area contributed by atoms with E-state index < -0.39 is 0 Å². The quantitative estimate of drug-likeness (QED) is 0.586. The molecule has 1 heterocycles. The Bertz CT molecular complexity index is 320. The molecule has 1 aromatic rings. The second kappa shape index (κ2) is 6.33. The summed E-state index contributed by atoms with van der Waals surface area (Å²) < 4.78 is 11.7. The first-order valence-corrected chi connectivity index (χ1v) is 7.60. The van der Waals surface area contributed by atoms with Gasteiger partial charge in [-0.1, -0.05) is 30.3 Å². The zero-order valence-electron chi connectivity index (χ0n) is 10.7. The average Bonchev–Trinajstić information content (AvgIpc) is 2.37. The molecule has 1 aliphatic rings. The minimum Gasteiger partial charge on any atom is -0.355 e. The number of benzene rings is 1. The van der Waals surface area contributed by atoms with E-state index in [0.29, 0.717) is 0 Å². The first-order valence-electron chi connectivity index (χ1n) is 6.60. The number of aryl methyl sites for hydroxylation is 1. The number of hydrogen-bond acceptors (Lipinski definition) is 2. The zero-order chi connectivity index (χ0) is 12.0. The van der Waals surface area contributed by atoms with Crippen molar-refractivity contribution in [3.05, 3.63) is 35.9 Å². The Morgan fingerprint density at radius 2 is 2.06 bits per heavy atom. The molecule has 1 aliphatic heterocycles. The van der Waals surface area contributed by atoms with Gasteiger partial charge in [-0.25, -0.2) is 0 Å². The molecule has 94 valence electrons. The SMILES string of the molecule is [SiH3]C1(OCCCc2ccccc2)CCCCO1. The predicted octanol–water partition coefficient (Wildman–Crippen LogP) is 1.86. The first-order chi connectivity index (χ1) is 8.29. The highest BCUT2D eigenvalue weighted by atomic mass is 28.1. The molecule has 2 rings (SSSR count). The lowest BCUT2D eigenvalue weighted by molar-refractivity contribution is -0.198. The van der Waals surface area contributed by atoms with Crippen molar-refractivity contribution in [3.63, 3.8) is 0 Å². The third kappa shape index (κ3) is 4.26. The van der Waals surface area contributed by atoms with E-state index in [9.17, 15) is 0 Å². The molecule has 1 saturated heterocycles. The molecule has 2 nitrogen and oxygen atoms in total. The second-order valence-corrected chi connectivity index (χ2v) is 6.40. The van der Waals surface area contributed by atoms with Crippen molar-refractivity contribution in [2.24, 2.45) is 0 Å². The molecule has 17 heavy (non-hydrogen) atoms. The molecule has 1 aromatic carbocycles. The molecular weight excluding hydrogens is 228 g/mol. The Labute approximate surface area is 107 Å². The molecule has 1 unspecified atom stereocenters. The van der Waals surface area contributed by atoms with E-state index in [1.807, 2.05) is 0 Å². The highest BCUT2D eigenvalue weighted by Gasteiger charge is 2.27. The molecule has 0 bridgehead atoms. The van der Waals surface area contributed by atoms with Gasteiger partial charge in [0.05, 0.1) is 10.2 Å². The molecular formula is C14H22O2Si. The first kappa shape index (κ1) is 12.8. The monoisotopic (exact) mass is 250 g/mol. The van der Waals surface area contributed by atoms with Crippen LogP contribution in [0.1, 0.15) is 31.2 Å². The predicted molar refractivity (Wildman–Crippen MR) is 73.2 cm³/mol. The van der Waals surface area contributed by atoms with Crippen LogP contribution < -0.4 is 0 Å². The Kier molecular flexibility index (Phi) is 4.77. The maximum atomic E-state index is 5.93. The van der Waals surface area contributed by atoms with E-state index in [2.05, 4.69) is 30.3 Å². The van der Waals surface area contributed by atoms with Gasteiger partial charge in [0, 0.05) is 13.2 Å². The summed E-state index contributed by atoms with van der Waals surface area (Å²) in [6.07, 6.45) is 5.71. The van der Waals surface area contributed by atoms with Crippen LogP contribution in [0.25, 0.3) is 0 Å². The van der Waals surface area contributed by atoms with Crippen LogP contribution in [0.2, 0.25) is 0 Å². The Balaban J connectivity index is 1.66. The average molecular weight is 250 g/mol. The summed E-state index contributed by atoms with van der Waals surface area (Å²) in [6, 6.07) is 10.6. The van der Waals surface area contributed by atoms with Crippen molar-refractivity contribution in [1.82, 2.24) is 0 Å². The molecule has 1 atom stereocenters. The molecule has 0 amide bonds. The molecule has 0 N–H and O–H groups in total. The summed E-state index contributed by atoms with van der Waals surface area (Å²) in [4.78, 5) is 0. The highest BCUT2D eigenvalue weighted by Crippen LogP contribution is 2.23.